The summed E-state index contributed by atoms with van der Waals surface area (Å²) in [5.74, 6) is -1.43. The number of likely N-dealkylation sites (N-methyl/N-ethyl adjacent to an activating group) is 1. The third kappa shape index (κ3) is 14.2. The van der Waals surface area contributed by atoms with Crippen LogP contribution in [0.5, 0.6) is 29.0 Å². The number of aliphatic imine (C=N–C) groups is 1. The van der Waals surface area contributed by atoms with E-state index in [9.17, 15) is 45.5 Å². The number of imidazole rings is 1. The maximum atomic E-state index is 13.2. The zero-order chi connectivity index (χ0) is 51.8. The molecule has 27 heteroatoms. The zero-order valence-corrected chi connectivity index (χ0v) is 43.0. The maximum Gasteiger partial charge on any atom is 0.573 e. The second kappa shape index (κ2) is 23.6. The van der Waals surface area contributed by atoms with Crippen molar-refractivity contribution in [3.8, 4) is 29.0 Å². The van der Waals surface area contributed by atoms with Crippen LogP contribution in [0.1, 0.15) is 11.1 Å². The standard InChI is InChI=1S/C22H19BrClF3N4O4.C20H14ClF3N4O4.C2H4Br2/c1-29-19(32)17-18(30(10-9-23)21(29)33)28-20(31(17)12-13-5-7-14(24)8-6-13)34-15-3-2-4-16(11-15)35-22(25,26)27;1-27-17(29)15-16(25-18(27)30)26-19(28(15)10-11-5-7-12(21)8-6-11)31-13-3-2-4-14(9-13)32-20(22,23)24;3-1-2-4/h2-8,11,17-18H,9-10,12H2,1H3;2-9H,10H2,1H3,(H,25,30);1-2H2. The van der Waals surface area contributed by atoms with Gasteiger partial charge in [0, 0.05) is 65.4 Å². The lowest BCUT2D eigenvalue weighted by molar-refractivity contribution is -0.275. The van der Waals surface area contributed by atoms with Crippen molar-refractivity contribution in [2.24, 2.45) is 12.0 Å². The zero-order valence-electron chi connectivity index (χ0n) is 36.7. The number of H-pyrrole nitrogens is 1. The molecule has 378 valence electrons. The summed E-state index contributed by atoms with van der Waals surface area (Å²) in [6.07, 6.45) is -10.6. The van der Waals surface area contributed by atoms with Crippen molar-refractivity contribution in [3.63, 3.8) is 0 Å². The monoisotopic (exact) mass is 1230 g/mol. The molecule has 1 N–H and O–H groups in total. The predicted molar refractivity (Wildman–Crippen MR) is 261 cm³/mol. The fraction of sp³-hybridized carbons (Fsp3) is 0.273. The maximum absolute atomic E-state index is 13.2. The highest BCUT2D eigenvalue weighted by molar-refractivity contribution is 9.12. The molecule has 0 saturated carbocycles. The molecule has 2 aliphatic heterocycles. The SMILES string of the molecule is BrCCBr.CN1C(=O)C2C(N=C(Oc3cccc(OC(F)(F)F)c3)N2Cc2ccc(Cl)cc2)N(CCBr)C1=O.Cn1c(=O)[nH]c2nc(Oc3cccc(OC(F)(F)F)c3)n(Cc3ccc(Cl)cc3)c2c1=O. The number of ether oxygens (including phenoxy) is 4. The summed E-state index contributed by atoms with van der Waals surface area (Å²) in [5, 5.41) is 3.59. The molecule has 1 fully saturated rings. The number of urea groups is 1. The van der Waals surface area contributed by atoms with Gasteiger partial charge in [-0.05, 0) is 59.7 Å². The van der Waals surface area contributed by atoms with Crippen LogP contribution in [-0.2, 0) is 24.9 Å². The Morgan fingerprint density at radius 3 is 1.69 bits per heavy atom. The van der Waals surface area contributed by atoms with E-state index >= 15 is 0 Å². The molecule has 4 heterocycles. The molecule has 0 bridgehead atoms. The van der Waals surface area contributed by atoms with Gasteiger partial charge in [-0.15, -0.1) is 26.3 Å². The molecule has 2 aromatic heterocycles. The molecule has 6 aromatic rings. The highest BCUT2D eigenvalue weighted by Crippen LogP contribution is 2.34. The molecule has 0 spiro atoms. The van der Waals surface area contributed by atoms with Crippen LogP contribution in [0.2, 0.25) is 10.0 Å². The number of hydrogen-bond acceptors (Lipinski definition) is 11. The Labute approximate surface area is 434 Å². The molecule has 1 saturated heterocycles. The van der Waals surface area contributed by atoms with Crippen molar-refractivity contribution < 1.29 is 54.9 Å². The smallest absolute Gasteiger partial charge is 0.426 e. The van der Waals surface area contributed by atoms with Gasteiger partial charge >= 0.3 is 30.5 Å². The average molecular weight is 1230 g/mol. The molecule has 2 unspecified atom stereocenters. The predicted octanol–water partition coefficient (Wildman–Crippen LogP) is 10.1. The van der Waals surface area contributed by atoms with Crippen LogP contribution in [0.15, 0.2) is 112 Å². The summed E-state index contributed by atoms with van der Waals surface area (Å²) in [4.78, 5) is 65.9. The van der Waals surface area contributed by atoms with Crippen LogP contribution in [0, 0.1) is 0 Å². The number of aromatic nitrogens is 4. The molecule has 8 rings (SSSR count). The van der Waals surface area contributed by atoms with E-state index in [-0.39, 0.29) is 54.3 Å². The minimum atomic E-state index is -4.87. The number of rotatable bonds is 12. The second-order valence-electron chi connectivity index (χ2n) is 14.8. The van der Waals surface area contributed by atoms with E-state index in [0.29, 0.717) is 15.4 Å². The van der Waals surface area contributed by atoms with Crippen LogP contribution in [-0.4, -0.2) is 106 Å². The Morgan fingerprint density at radius 1 is 0.676 bits per heavy atom. The van der Waals surface area contributed by atoms with E-state index in [1.54, 1.807) is 53.4 Å². The molecule has 71 heavy (non-hydrogen) atoms. The number of hydrogen-bond donors (Lipinski definition) is 1. The molecule has 2 atom stereocenters. The van der Waals surface area contributed by atoms with Crippen LogP contribution in [0.25, 0.3) is 11.2 Å². The van der Waals surface area contributed by atoms with Gasteiger partial charge in [0.15, 0.2) is 23.4 Å². The van der Waals surface area contributed by atoms with E-state index in [2.05, 4.69) is 72.2 Å². The Hall–Kier alpha value is -5.76. The van der Waals surface area contributed by atoms with E-state index in [1.165, 1.54) is 47.8 Å². The van der Waals surface area contributed by atoms with Crippen molar-refractivity contribution in [3.05, 3.63) is 139 Å². The Morgan fingerprint density at radius 2 is 1.18 bits per heavy atom. The van der Waals surface area contributed by atoms with Gasteiger partial charge in [0.1, 0.15) is 23.0 Å². The number of nitrogens with one attached hydrogen (secondary N) is 1. The Bertz CT molecular complexity index is 3000. The normalized spacial score (nSPS) is 15.6. The number of fused-ring (bicyclic) bond motifs is 2. The van der Waals surface area contributed by atoms with Crippen LogP contribution >= 0.6 is 71.0 Å². The fourth-order valence-electron chi connectivity index (χ4n) is 6.84. The molecule has 0 radical (unpaired) electrons. The number of aromatic amines is 1. The summed E-state index contributed by atoms with van der Waals surface area (Å²) in [5.41, 5.74) is 0.255. The molecular weight excluding hydrogens is 1190 g/mol. The second-order valence-corrected chi connectivity index (χ2v) is 18.1. The minimum Gasteiger partial charge on any atom is -0.426 e. The van der Waals surface area contributed by atoms with E-state index < -0.39 is 59.6 Å². The number of nitrogens with zero attached hydrogens (tertiary/aromatic N) is 7. The highest BCUT2D eigenvalue weighted by Gasteiger charge is 2.53. The number of carbonyl (C=O) groups excluding carboxylic acids is 2. The molecule has 4 aromatic carbocycles. The summed E-state index contributed by atoms with van der Waals surface area (Å²) in [7, 11) is 2.69. The van der Waals surface area contributed by atoms with E-state index in [4.69, 9.17) is 32.7 Å². The van der Waals surface area contributed by atoms with Gasteiger partial charge in [0.2, 0.25) is 0 Å². The van der Waals surface area contributed by atoms with Gasteiger partial charge in [0.05, 0.1) is 6.54 Å². The van der Waals surface area contributed by atoms with Crippen molar-refractivity contribution in [1.82, 2.24) is 33.8 Å². The Kier molecular flexibility index (Phi) is 18.2. The number of halogens is 11. The minimum absolute atomic E-state index is 0.0152. The van der Waals surface area contributed by atoms with Crippen LogP contribution in [0.3, 0.4) is 0 Å². The van der Waals surface area contributed by atoms with Gasteiger partial charge in [0.25, 0.3) is 17.5 Å². The molecule has 2 aliphatic rings. The number of imide groups is 1. The van der Waals surface area contributed by atoms with Gasteiger partial charge in [-0.25, -0.2) is 14.6 Å². The van der Waals surface area contributed by atoms with Gasteiger partial charge in [-0.1, -0.05) is 107 Å². The molecule has 16 nitrogen and oxygen atoms in total. The van der Waals surface area contributed by atoms with Gasteiger partial charge in [-0.2, -0.15) is 4.98 Å². The van der Waals surface area contributed by atoms with Gasteiger partial charge < -0.3 is 23.8 Å². The first-order valence-electron chi connectivity index (χ1n) is 20.5. The number of carbonyl (C=O) groups is 2. The molecule has 3 amide bonds. The summed E-state index contributed by atoms with van der Waals surface area (Å²) in [6.45, 7) is 0.562. The summed E-state index contributed by atoms with van der Waals surface area (Å²) >= 11 is 21.6. The van der Waals surface area contributed by atoms with Crippen molar-refractivity contribution in [2.45, 2.75) is 38.0 Å². The number of amidine groups is 1. The third-order valence-corrected chi connectivity index (χ3v) is 12.6. The topological polar surface area (TPSA) is 166 Å². The number of alkyl halides is 9. The highest BCUT2D eigenvalue weighted by atomic mass is 79.9. The van der Waals surface area contributed by atoms with E-state index in [1.807, 2.05) is 0 Å². The lowest BCUT2D eigenvalue weighted by Gasteiger charge is -2.41. The van der Waals surface area contributed by atoms with Crippen LogP contribution < -0.4 is 30.2 Å². The lowest BCUT2D eigenvalue weighted by Crippen LogP contribution is -2.65. The Balaban J connectivity index is 0.000000217. The van der Waals surface area contributed by atoms with E-state index in [0.717, 1.165) is 55.5 Å². The largest absolute Gasteiger partial charge is 0.573 e. The van der Waals surface area contributed by atoms with Crippen molar-refractivity contribution in [2.75, 3.05) is 29.6 Å². The van der Waals surface area contributed by atoms with Crippen molar-refractivity contribution in [1.29, 1.82) is 0 Å². The lowest BCUT2D eigenvalue weighted by atomic mass is 10.1. The quantitative estimate of drug-likeness (QED) is 0.0921. The van der Waals surface area contributed by atoms with Gasteiger partial charge in [-0.3, -0.25) is 33.5 Å². The summed E-state index contributed by atoms with van der Waals surface area (Å²) in [6, 6.07) is 22.0. The third-order valence-electron chi connectivity index (χ3n) is 9.93. The fourth-order valence-corrected chi connectivity index (χ4v) is 7.48. The molecule has 0 aliphatic carbocycles. The first kappa shape index (κ1) is 54.6. The first-order chi connectivity index (χ1) is 33.6. The average Bonchev–Trinajstić information content (AvgIpc) is 3.83. The van der Waals surface area contributed by atoms with Crippen molar-refractivity contribution >= 4 is 100 Å². The van der Waals surface area contributed by atoms with Crippen LogP contribution in [0.4, 0.5) is 31.1 Å². The number of benzene rings is 4. The summed E-state index contributed by atoms with van der Waals surface area (Å²) < 4.78 is 97.3. The molecular formula is C44H37Br3Cl2F6N8O8. The number of amides is 3. The first-order valence-corrected chi connectivity index (χ1v) is 24.6.